The zero-order chi connectivity index (χ0) is 6.85. The van der Waals surface area contributed by atoms with Crippen molar-refractivity contribution in [2.45, 2.75) is 6.92 Å². The molecule has 0 radical (unpaired) electrons. The van der Waals surface area contributed by atoms with Crippen LogP contribution in [0, 0.1) is 16.4 Å². The summed E-state index contributed by atoms with van der Waals surface area (Å²) < 4.78 is 12.7. The molecule has 0 N–H and O–H groups in total. The molecule has 0 unspecified atom stereocenters. The van der Waals surface area contributed by atoms with Crippen LogP contribution in [0.4, 0.5) is 4.39 Å². The summed E-state index contributed by atoms with van der Waals surface area (Å²) in [7, 11) is 0. The van der Waals surface area contributed by atoms with Gasteiger partial charge >= 0.3 is 0 Å². The second kappa shape index (κ2) is 2.55. The average molecular weight is 238 g/mol. The lowest BCUT2D eigenvalue weighted by Gasteiger charge is -1.91. The molecule has 0 aliphatic rings. The highest BCUT2D eigenvalue weighted by atomic mass is 127. The Labute approximate surface area is 65.7 Å². The number of halogens is 2. The molecule has 1 aromatic heterocycles. The molecular formula is C5H4FIN2. The Kier molecular flexibility index (Phi) is 1.94. The molecule has 9 heavy (non-hydrogen) atoms. The lowest BCUT2D eigenvalue weighted by molar-refractivity contribution is 0.600. The van der Waals surface area contributed by atoms with Crippen molar-refractivity contribution in [3.63, 3.8) is 0 Å². The van der Waals surface area contributed by atoms with Gasteiger partial charge in [0.1, 0.15) is 9.53 Å². The van der Waals surface area contributed by atoms with Gasteiger partial charge in [-0.25, -0.2) is 14.4 Å². The van der Waals surface area contributed by atoms with Gasteiger partial charge in [-0.15, -0.1) is 0 Å². The summed E-state index contributed by atoms with van der Waals surface area (Å²) in [5.74, 6) is 0.238. The van der Waals surface area contributed by atoms with Gasteiger partial charge in [0.05, 0.1) is 6.20 Å². The van der Waals surface area contributed by atoms with Crippen LogP contribution in [-0.2, 0) is 0 Å². The molecule has 0 amide bonds. The molecule has 4 heteroatoms. The van der Waals surface area contributed by atoms with Crippen LogP contribution < -0.4 is 0 Å². The number of rotatable bonds is 0. The van der Waals surface area contributed by atoms with Gasteiger partial charge in [-0.2, -0.15) is 0 Å². The molecule has 1 aromatic rings. The predicted octanol–water partition coefficient (Wildman–Crippen LogP) is 1.53. The molecule has 0 bridgehead atoms. The van der Waals surface area contributed by atoms with E-state index in [9.17, 15) is 4.39 Å². The first-order valence-electron chi connectivity index (χ1n) is 2.35. The van der Waals surface area contributed by atoms with Gasteiger partial charge < -0.3 is 0 Å². The van der Waals surface area contributed by atoms with Gasteiger partial charge in [-0.05, 0) is 29.5 Å². The molecule has 0 atom stereocenters. The quantitative estimate of drug-likeness (QED) is 0.506. The molecular weight excluding hydrogens is 234 g/mol. The van der Waals surface area contributed by atoms with Crippen molar-refractivity contribution < 1.29 is 4.39 Å². The molecule has 48 valence electrons. The minimum Gasteiger partial charge on any atom is -0.239 e. The van der Waals surface area contributed by atoms with Crippen molar-refractivity contribution in [1.29, 1.82) is 0 Å². The second-order valence-corrected chi connectivity index (χ2v) is 2.58. The van der Waals surface area contributed by atoms with E-state index in [0.29, 0.717) is 9.53 Å². The van der Waals surface area contributed by atoms with E-state index in [1.165, 1.54) is 6.20 Å². The van der Waals surface area contributed by atoms with Crippen LogP contribution in [0.2, 0.25) is 0 Å². The van der Waals surface area contributed by atoms with Gasteiger partial charge in [0.25, 0.3) is 0 Å². The fraction of sp³-hybridized carbons (Fsp3) is 0.200. The Bertz CT molecular complexity index is 226. The van der Waals surface area contributed by atoms with E-state index in [0.717, 1.165) is 0 Å². The van der Waals surface area contributed by atoms with Gasteiger partial charge in [-0.1, -0.05) is 0 Å². The first-order valence-corrected chi connectivity index (χ1v) is 3.42. The Hall–Kier alpha value is -0.260. The molecule has 0 aliphatic heterocycles. The van der Waals surface area contributed by atoms with Crippen LogP contribution in [0.25, 0.3) is 0 Å². The van der Waals surface area contributed by atoms with Crippen LogP contribution >= 0.6 is 22.6 Å². The van der Waals surface area contributed by atoms with Gasteiger partial charge in [-0.3, -0.25) is 0 Å². The maximum Gasteiger partial charge on any atom is 0.173 e. The van der Waals surface area contributed by atoms with E-state index in [1.54, 1.807) is 6.92 Å². The number of nitrogens with zero attached hydrogens (tertiary/aromatic N) is 2. The van der Waals surface area contributed by atoms with Crippen molar-refractivity contribution in [3.8, 4) is 0 Å². The van der Waals surface area contributed by atoms with Crippen molar-refractivity contribution in [3.05, 3.63) is 21.5 Å². The van der Waals surface area contributed by atoms with E-state index in [2.05, 4.69) is 9.97 Å². The summed E-state index contributed by atoms with van der Waals surface area (Å²) in [6, 6.07) is 0. The molecule has 0 aliphatic carbocycles. The van der Waals surface area contributed by atoms with Crippen LogP contribution in [0.3, 0.4) is 0 Å². The molecule has 2 nitrogen and oxygen atoms in total. The topological polar surface area (TPSA) is 25.8 Å². The summed E-state index contributed by atoms with van der Waals surface area (Å²) in [4.78, 5) is 7.42. The second-order valence-electron chi connectivity index (χ2n) is 1.56. The zero-order valence-corrected chi connectivity index (χ0v) is 6.89. The Morgan fingerprint density at radius 1 is 1.67 bits per heavy atom. The van der Waals surface area contributed by atoms with E-state index in [4.69, 9.17) is 0 Å². The predicted molar refractivity (Wildman–Crippen MR) is 39.4 cm³/mol. The normalized spacial score (nSPS) is 9.67. The van der Waals surface area contributed by atoms with Crippen molar-refractivity contribution in [2.75, 3.05) is 0 Å². The van der Waals surface area contributed by atoms with E-state index in [-0.39, 0.29) is 5.82 Å². The van der Waals surface area contributed by atoms with Crippen LogP contribution in [-0.4, -0.2) is 9.97 Å². The summed E-state index contributed by atoms with van der Waals surface area (Å²) in [5, 5.41) is 0. The Morgan fingerprint density at radius 2 is 2.33 bits per heavy atom. The van der Waals surface area contributed by atoms with Crippen LogP contribution in [0.15, 0.2) is 6.20 Å². The first kappa shape index (κ1) is 6.85. The highest BCUT2D eigenvalue weighted by Crippen LogP contribution is 2.04. The molecule has 0 fully saturated rings. The van der Waals surface area contributed by atoms with Gasteiger partial charge in [0.2, 0.25) is 0 Å². The zero-order valence-electron chi connectivity index (χ0n) is 4.73. The van der Waals surface area contributed by atoms with Crippen LogP contribution in [0.5, 0.6) is 0 Å². The number of aromatic nitrogens is 2. The first-order chi connectivity index (χ1) is 4.20. The third-order valence-electron chi connectivity index (χ3n) is 0.822. The molecule has 0 saturated carbocycles. The highest BCUT2D eigenvalue weighted by molar-refractivity contribution is 14.1. The third kappa shape index (κ3) is 1.57. The largest absolute Gasteiger partial charge is 0.239 e. The smallest absolute Gasteiger partial charge is 0.173 e. The minimum absolute atomic E-state index is 0.360. The Morgan fingerprint density at radius 3 is 2.78 bits per heavy atom. The standard InChI is InChI=1S/C5H4FIN2/c1-3-8-2-4(6)5(7)9-3/h2H,1H3. The summed E-state index contributed by atoms with van der Waals surface area (Å²) in [6.45, 7) is 1.72. The van der Waals surface area contributed by atoms with E-state index >= 15 is 0 Å². The maximum atomic E-state index is 12.4. The van der Waals surface area contributed by atoms with Crippen LogP contribution in [0.1, 0.15) is 5.82 Å². The monoisotopic (exact) mass is 238 g/mol. The fourth-order valence-electron chi connectivity index (χ4n) is 0.428. The lowest BCUT2D eigenvalue weighted by Crippen LogP contribution is -1.92. The Balaban J connectivity index is 3.17. The average Bonchev–Trinajstić information content (AvgIpc) is 1.80. The number of aryl methyl sites for hydroxylation is 1. The number of hydrogen-bond donors (Lipinski definition) is 0. The molecule has 1 heterocycles. The summed E-state index contributed by atoms with van der Waals surface area (Å²) in [5.41, 5.74) is 0. The molecule has 1 rings (SSSR count). The SMILES string of the molecule is Cc1ncc(F)c(I)n1. The fourth-order valence-corrected chi connectivity index (χ4v) is 0.916. The molecule has 0 aromatic carbocycles. The van der Waals surface area contributed by atoms with Crippen molar-refractivity contribution >= 4 is 22.6 Å². The van der Waals surface area contributed by atoms with Gasteiger partial charge in [0.15, 0.2) is 5.82 Å². The van der Waals surface area contributed by atoms with E-state index in [1.807, 2.05) is 22.6 Å². The van der Waals surface area contributed by atoms with Crippen molar-refractivity contribution in [2.24, 2.45) is 0 Å². The highest BCUT2D eigenvalue weighted by Gasteiger charge is 1.97. The summed E-state index contributed by atoms with van der Waals surface area (Å²) in [6.07, 6.45) is 1.17. The molecule has 0 saturated heterocycles. The minimum atomic E-state index is -0.360. The van der Waals surface area contributed by atoms with Crippen molar-refractivity contribution in [1.82, 2.24) is 9.97 Å². The molecule has 0 spiro atoms. The number of hydrogen-bond acceptors (Lipinski definition) is 2. The van der Waals surface area contributed by atoms with E-state index < -0.39 is 0 Å². The third-order valence-corrected chi connectivity index (χ3v) is 1.58. The maximum absolute atomic E-state index is 12.4. The van der Waals surface area contributed by atoms with Gasteiger partial charge in [0, 0.05) is 0 Å². The lowest BCUT2D eigenvalue weighted by atomic mass is 10.6. The summed E-state index contributed by atoms with van der Waals surface area (Å²) >= 11 is 1.82.